The average Bonchev–Trinajstić information content (AvgIpc) is 2.99. The predicted octanol–water partition coefficient (Wildman–Crippen LogP) is 5.99. The number of aromatic nitrogens is 4. The molecule has 0 bridgehead atoms. The van der Waals surface area contributed by atoms with Crippen LogP contribution in [0.3, 0.4) is 0 Å². The molecule has 4 aromatic heterocycles. The van der Waals surface area contributed by atoms with Gasteiger partial charge in [0.15, 0.2) is 0 Å². The van der Waals surface area contributed by atoms with E-state index in [1.165, 1.54) is 24.4 Å². The van der Waals surface area contributed by atoms with Crippen molar-refractivity contribution in [2.24, 2.45) is 9.98 Å². The number of aliphatic imine (C=N–C) groups is 2. The van der Waals surface area contributed by atoms with E-state index in [0.717, 1.165) is 43.6 Å². The normalized spacial score (nSPS) is 8.77. The Hall–Kier alpha value is -5.66. The Morgan fingerprint density at radius 3 is 0.923 bits per heavy atom. The molecule has 0 saturated heterocycles. The van der Waals surface area contributed by atoms with Crippen molar-refractivity contribution in [2.45, 2.75) is 0 Å². The van der Waals surface area contributed by atoms with Crippen LogP contribution in [0, 0.1) is 22.9 Å². The Labute approximate surface area is 233 Å². The summed E-state index contributed by atoms with van der Waals surface area (Å²) in [6.07, 6.45) is 9.77. The molecule has 1 radical (unpaired) electrons. The van der Waals surface area contributed by atoms with Gasteiger partial charge in [0.05, 0.1) is 34.5 Å². The summed E-state index contributed by atoms with van der Waals surface area (Å²) in [5, 5.41) is 34.3. The fourth-order valence-corrected chi connectivity index (χ4v) is 3.40. The van der Waals surface area contributed by atoms with Crippen molar-refractivity contribution in [3.05, 3.63) is 108 Å². The van der Waals surface area contributed by atoms with Crippen molar-refractivity contribution in [3.8, 4) is 12.4 Å². The maximum atomic E-state index is 7.43. The molecule has 0 spiro atoms. The molecule has 0 fully saturated rings. The molecular formula is C28H16MnN10. The van der Waals surface area contributed by atoms with Gasteiger partial charge in [-0.3, -0.25) is 19.9 Å². The molecule has 4 heterocycles. The van der Waals surface area contributed by atoms with E-state index in [-0.39, 0.29) is 17.1 Å². The van der Waals surface area contributed by atoms with Crippen LogP contribution in [-0.4, -0.2) is 32.0 Å². The Balaban J connectivity index is 0.000000202. The summed E-state index contributed by atoms with van der Waals surface area (Å²) in [5.41, 5.74) is 3.91. The zero-order chi connectivity index (χ0) is 27.0. The summed E-state index contributed by atoms with van der Waals surface area (Å²) >= 11 is 0. The summed E-state index contributed by atoms with van der Waals surface area (Å²) in [6, 6.07) is 26.8. The van der Waals surface area contributed by atoms with Gasteiger partial charge in [0.1, 0.15) is 0 Å². The van der Waals surface area contributed by atoms with E-state index < -0.39 is 0 Å². The summed E-state index contributed by atoms with van der Waals surface area (Å²) in [7, 11) is 0. The van der Waals surface area contributed by atoms with Crippen molar-refractivity contribution in [1.29, 1.82) is 10.5 Å². The molecule has 185 valence electrons. The largest absolute Gasteiger partial charge is 2.00 e. The van der Waals surface area contributed by atoms with E-state index in [2.05, 4.69) is 78.5 Å². The molecule has 6 aromatic rings. The second kappa shape index (κ2) is 16.2. The number of nitriles is 2. The first-order chi connectivity index (χ1) is 18.7. The van der Waals surface area contributed by atoms with Crippen LogP contribution in [0.2, 0.25) is 0 Å². The van der Waals surface area contributed by atoms with E-state index in [0.29, 0.717) is 0 Å². The third kappa shape index (κ3) is 8.18. The third-order valence-corrected chi connectivity index (χ3v) is 4.89. The van der Waals surface area contributed by atoms with Crippen molar-refractivity contribution in [3.63, 3.8) is 0 Å². The standard InChI is InChI=1S/2C12H8N2.2C2N3.Mn/c2*1-3-9-5-6-10-4-2-8-14-12(10)11(9)13-7-1;2*3-1-5-2-4;/h2*1-8H;;;/q;;2*-1;+2. The minimum atomic E-state index is 0. The SMILES string of the molecule is N#CN=C=[N-].N#CN=C=[N-].[Mn+2].c1cnc2c(c1)ccc1cccnc12.c1cnc2c(c1)ccc1cccnc12. The summed E-state index contributed by atoms with van der Waals surface area (Å²) in [4.78, 5) is 22.6. The molecule has 0 aliphatic carbocycles. The number of benzene rings is 2. The van der Waals surface area contributed by atoms with Gasteiger partial charge >= 0.3 is 17.1 Å². The van der Waals surface area contributed by atoms with Crippen LogP contribution < -0.4 is 0 Å². The van der Waals surface area contributed by atoms with Gasteiger partial charge in [-0.15, -0.1) is 12.0 Å². The fourth-order valence-electron chi connectivity index (χ4n) is 3.40. The van der Waals surface area contributed by atoms with Crippen LogP contribution in [0.15, 0.2) is 108 Å². The van der Waals surface area contributed by atoms with Gasteiger partial charge in [0, 0.05) is 46.3 Å². The summed E-state index contributed by atoms with van der Waals surface area (Å²) in [6.45, 7) is 0. The van der Waals surface area contributed by atoms with Gasteiger partial charge in [-0.25, -0.2) is 0 Å². The number of hydrogen-bond donors (Lipinski definition) is 0. The van der Waals surface area contributed by atoms with E-state index >= 15 is 0 Å². The fraction of sp³-hybridized carbons (Fsp3) is 0. The molecular weight excluding hydrogens is 531 g/mol. The second-order valence-electron chi connectivity index (χ2n) is 7.06. The van der Waals surface area contributed by atoms with Gasteiger partial charge in [-0.2, -0.15) is 10.5 Å². The minimum Gasteiger partial charge on any atom is -0.422 e. The molecule has 11 heteroatoms. The monoisotopic (exact) mass is 547 g/mol. The predicted molar refractivity (Wildman–Crippen MR) is 147 cm³/mol. The van der Waals surface area contributed by atoms with Gasteiger partial charge in [0.2, 0.25) is 0 Å². The van der Waals surface area contributed by atoms with Crippen molar-refractivity contribution in [2.75, 3.05) is 0 Å². The Kier molecular flexibility index (Phi) is 12.2. The smallest absolute Gasteiger partial charge is 0.422 e. The summed E-state index contributed by atoms with van der Waals surface area (Å²) < 4.78 is 0. The molecule has 0 saturated carbocycles. The molecule has 0 atom stereocenters. The quantitative estimate of drug-likeness (QED) is 0.0980. The third-order valence-electron chi connectivity index (χ3n) is 4.89. The first kappa shape index (κ1) is 29.6. The molecule has 0 amide bonds. The van der Waals surface area contributed by atoms with E-state index in [1.54, 1.807) is 24.8 Å². The van der Waals surface area contributed by atoms with E-state index in [1.807, 2.05) is 24.3 Å². The number of pyridine rings is 4. The zero-order valence-corrected chi connectivity index (χ0v) is 21.3. The van der Waals surface area contributed by atoms with Gasteiger partial charge in [-0.05, 0) is 24.3 Å². The molecule has 39 heavy (non-hydrogen) atoms. The topological polar surface area (TPSA) is 168 Å². The molecule has 0 N–H and O–H groups in total. The van der Waals surface area contributed by atoms with Crippen LogP contribution >= 0.6 is 0 Å². The maximum Gasteiger partial charge on any atom is 2.00 e. The first-order valence-corrected chi connectivity index (χ1v) is 10.9. The van der Waals surface area contributed by atoms with Crippen LogP contribution in [0.25, 0.3) is 54.4 Å². The molecule has 6 rings (SSSR count). The van der Waals surface area contributed by atoms with E-state index in [4.69, 9.17) is 21.3 Å². The number of nitrogens with zero attached hydrogens (tertiary/aromatic N) is 10. The van der Waals surface area contributed by atoms with Crippen LogP contribution in [0.4, 0.5) is 0 Å². The molecule has 2 aromatic carbocycles. The average molecular weight is 547 g/mol. The van der Waals surface area contributed by atoms with Crippen molar-refractivity contribution in [1.82, 2.24) is 19.9 Å². The number of rotatable bonds is 0. The summed E-state index contributed by atoms with van der Waals surface area (Å²) in [5.74, 6) is 0. The Bertz CT molecular complexity index is 1630. The van der Waals surface area contributed by atoms with Crippen LogP contribution in [0.5, 0.6) is 0 Å². The zero-order valence-electron chi connectivity index (χ0n) is 20.1. The molecule has 0 aliphatic rings. The van der Waals surface area contributed by atoms with Crippen LogP contribution in [-0.2, 0) is 17.1 Å². The number of hydrogen-bond acceptors (Lipinski definition) is 8. The Morgan fingerprint density at radius 1 is 0.487 bits per heavy atom. The molecule has 0 aliphatic heterocycles. The minimum absolute atomic E-state index is 0. The van der Waals surface area contributed by atoms with Crippen LogP contribution in [0.1, 0.15) is 0 Å². The maximum absolute atomic E-state index is 7.43. The van der Waals surface area contributed by atoms with Crippen molar-refractivity contribution >= 4 is 55.6 Å². The van der Waals surface area contributed by atoms with Crippen molar-refractivity contribution < 1.29 is 17.1 Å². The second-order valence-corrected chi connectivity index (χ2v) is 7.06. The van der Waals surface area contributed by atoms with Gasteiger partial charge in [0.25, 0.3) is 0 Å². The Morgan fingerprint density at radius 2 is 0.744 bits per heavy atom. The number of fused-ring (bicyclic) bond motifs is 6. The van der Waals surface area contributed by atoms with Gasteiger partial charge < -0.3 is 20.8 Å². The van der Waals surface area contributed by atoms with Gasteiger partial charge in [-0.1, -0.05) is 48.5 Å². The molecule has 0 unspecified atom stereocenters. The van der Waals surface area contributed by atoms with E-state index in [9.17, 15) is 0 Å². The molecule has 10 nitrogen and oxygen atoms in total. The first-order valence-electron chi connectivity index (χ1n) is 10.9.